The van der Waals surface area contributed by atoms with Gasteiger partial charge in [0.25, 0.3) is 0 Å². The molecule has 0 amide bonds. The quantitative estimate of drug-likeness (QED) is 0.692. The highest BCUT2D eigenvalue weighted by molar-refractivity contribution is 6.34. The fraction of sp³-hybridized carbons (Fsp3) is 0.286. The molecule has 0 unspecified atom stereocenters. The Morgan fingerprint density at radius 1 is 1.37 bits per heavy atom. The van der Waals surface area contributed by atoms with Gasteiger partial charge >= 0.3 is 0 Å². The lowest BCUT2D eigenvalue weighted by atomic mass is 9.89. The van der Waals surface area contributed by atoms with Gasteiger partial charge in [0, 0.05) is 12.7 Å². The number of nitrogen functional groups attached to an aromatic ring is 1. The second-order valence-corrected chi connectivity index (χ2v) is 5.41. The lowest BCUT2D eigenvalue weighted by Crippen LogP contribution is -2.23. The molecular weight excluding hydrogens is 262 g/mol. The van der Waals surface area contributed by atoms with Gasteiger partial charge in [-0.3, -0.25) is 9.48 Å². The van der Waals surface area contributed by atoms with Crippen LogP contribution in [0.25, 0.3) is 0 Å². The molecule has 1 aromatic heterocycles. The molecule has 98 valence electrons. The molecule has 4 nitrogen and oxygen atoms in total. The van der Waals surface area contributed by atoms with E-state index in [0.29, 0.717) is 16.4 Å². The van der Waals surface area contributed by atoms with Crippen molar-refractivity contribution in [3.05, 3.63) is 46.7 Å². The number of nitrogens with zero attached hydrogens (tertiary/aromatic N) is 2. The molecule has 3 rings (SSSR count). The molecule has 0 aliphatic heterocycles. The Morgan fingerprint density at radius 2 is 2.00 bits per heavy atom. The smallest absolute Gasteiger partial charge is 0.192 e. The van der Waals surface area contributed by atoms with Crippen LogP contribution in [0, 0.1) is 0 Å². The highest BCUT2D eigenvalue weighted by Gasteiger charge is 2.52. The molecule has 0 bridgehead atoms. The highest BCUT2D eigenvalue weighted by Crippen LogP contribution is 2.51. The van der Waals surface area contributed by atoms with E-state index in [0.717, 1.165) is 18.4 Å². The number of anilines is 1. The van der Waals surface area contributed by atoms with E-state index in [2.05, 4.69) is 5.10 Å². The van der Waals surface area contributed by atoms with Crippen LogP contribution in [-0.4, -0.2) is 15.6 Å². The third-order valence-corrected chi connectivity index (χ3v) is 4.03. The van der Waals surface area contributed by atoms with E-state index in [-0.39, 0.29) is 5.78 Å². The number of aryl methyl sites for hydroxylation is 1. The van der Waals surface area contributed by atoms with Crippen LogP contribution in [-0.2, 0) is 12.5 Å². The molecular formula is C14H14ClN3O. The lowest BCUT2D eigenvalue weighted by Gasteiger charge is -2.15. The predicted octanol–water partition coefficient (Wildman–Crippen LogP) is 2.57. The van der Waals surface area contributed by atoms with Crippen LogP contribution in [0.1, 0.15) is 28.9 Å². The minimum atomic E-state index is -0.439. The molecule has 0 radical (unpaired) electrons. The van der Waals surface area contributed by atoms with Gasteiger partial charge in [-0.25, -0.2) is 0 Å². The van der Waals surface area contributed by atoms with E-state index in [9.17, 15) is 4.79 Å². The summed E-state index contributed by atoms with van der Waals surface area (Å²) in [6, 6.07) is 7.50. The highest BCUT2D eigenvalue weighted by atomic mass is 35.5. The SMILES string of the molecule is Cn1ncc(Cl)c1C(=O)C1(c2ccc(N)cc2)CC1. The molecule has 1 aromatic carbocycles. The fourth-order valence-electron chi connectivity index (χ4n) is 2.47. The minimum absolute atomic E-state index is 0.0438. The number of rotatable bonds is 3. The number of nitrogens with two attached hydrogens (primary N) is 1. The summed E-state index contributed by atoms with van der Waals surface area (Å²) in [6.07, 6.45) is 3.20. The zero-order valence-electron chi connectivity index (χ0n) is 10.6. The number of carbonyl (C=O) groups excluding carboxylic acids is 1. The molecule has 19 heavy (non-hydrogen) atoms. The van der Waals surface area contributed by atoms with Crippen LogP contribution in [0.3, 0.4) is 0 Å². The molecule has 2 N–H and O–H groups in total. The number of hydrogen-bond acceptors (Lipinski definition) is 3. The first-order chi connectivity index (χ1) is 9.04. The van der Waals surface area contributed by atoms with Crippen LogP contribution >= 0.6 is 11.6 Å². The monoisotopic (exact) mass is 275 g/mol. The van der Waals surface area contributed by atoms with Crippen molar-refractivity contribution < 1.29 is 4.79 Å². The van der Waals surface area contributed by atoms with Crippen LogP contribution in [0.5, 0.6) is 0 Å². The van der Waals surface area contributed by atoms with Crippen molar-refractivity contribution in [2.24, 2.45) is 7.05 Å². The Bertz CT molecular complexity index is 622. The van der Waals surface area contributed by atoms with Crippen LogP contribution in [0.15, 0.2) is 30.5 Å². The summed E-state index contributed by atoms with van der Waals surface area (Å²) in [5.74, 6) is 0.0438. The summed E-state index contributed by atoms with van der Waals surface area (Å²) < 4.78 is 1.54. The Balaban J connectivity index is 2.02. The maximum absolute atomic E-state index is 12.7. The number of aromatic nitrogens is 2. The minimum Gasteiger partial charge on any atom is -0.399 e. The van der Waals surface area contributed by atoms with Gasteiger partial charge in [-0.1, -0.05) is 23.7 Å². The van der Waals surface area contributed by atoms with Gasteiger partial charge in [-0.2, -0.15) is 5.10 Å². The van der Waals surface area contributed by atoms with Gasteiger partial charge in [0.15, 0.2) is 5.78 Å². The first kappa shape index (κ1) is 12.2. The van der Waals surface area contributed by atoms with E-state index in [1.54, 1.807) is 11.7 Å². The largest absolute Gasteiger partial charge is 0.399 e. The molecule has 0 saturated heterocycles. The van der Waals surface area contributed by atoms with Gasteiger partial charge in [0.2, 0.25) is 0 Å². The maximum atomic E-state index is 12.7. The number of ketones is 1. The second-order valence-electron chi connectivity index (χ2n) is 5.00. The van der Waals surface area contributed by atoms with Crippen molar-refractivity contribution in [2.75, 3.05) is 5.73 Å². The van der Waals surface area contributed by atoms with Crippen molar-refractivity contribution in [1.82, 2.24) is 9.78 Å². The standard InChI is InChI=1S/C14H14ClN3O/c1-18-12(11(15)8-17-18)13(19)14(6-7-14)9-2-4-10(16)5-3-9/h2-5,8H,6-7,16H2,1H3. The zero-order valence-corrected chi connectivity index (χ0v) is 11.3. The second kappa shape index (κ2) is 4.10. The topological polar surface area (TPSA) is 60.9 Å². The van der Waals surface area contributed by atoms with Crippen LogP contribution in [0.2, 0.25) is 5.02 Å². The van der Waals surface area contributed by atoms with E-state index in [1.165, 1.54) is 6.20 Å². The van der Waals surface area contributed by atoms with Gasteiger partial charge < -0.3 is 5.73 Å². The van der Waals surface area contributed by atoms with Crippen molar-refractivity contribution in [2.45, 2.75) is 18.3 Å². The van der Waals surface area contributed by atoms with Gasteiger partial charge in [-0.05, 0) is 30.5 Å². The summed E-state index contributed by atoms with van der Waals surface area (Å²) in [7, 11) is 1.73. The Labute approximate surface area is 116 Å². The average molecular weight is 276 g/mol. The summed E-state index contributed by atoms with van der Waals surface area (Å²) in [5.41, 5.74) is 7.44. The van der Waals surface area contributed by atoms with E-state index in [4.69, 9.17) is 17.3 Å². The zero-order chi connectivity index (χ0) is 13.6. The first-order valence-electron chi connectivity index (χ1n) is 6.13. The van der Waals surface area contributed by atoms with E-state index in [1.807, 2.05) is 24.3 Å². The third kappa shape index (κ3) is 1.83. The number of Topliss-reactive ketones (excluding diaryl/α,β-unsaturated/α-hetero) is 1. The maximum Gasteiger partial charge on any atom is 0.192 e. The first-order valence-corrected chi connectivity index (χ1v) is 6.51. The summed E-state index contributed by atoms with van der Waals surface area (Å²) in [4.78, 5) is 12.7. The summed E-state index contributed by atoms with van der Waals surface area (Å²) in [5, 5.41) is 4.44. The van der Waals surface area contributed by atoms with Crippen molar-refractivity contribution >= 4 is 23.1 Å². The van der Waals surface area contributed by atoms with Crippen LogP contribution < -0.4 is 5.73 Å². The number of hydrogen-bond donors (Lipinski definition) is 1. The molecule has 1 saturated carbocycles. The lowest BCUT2D eigenvalue weighted by molar-refractivity contribution is 0.0937. The van der Waals surface area contributed by atoms with Gasteiger partial charge in [0.05, 0.1) is 16.6 Å². The number of benzene rings is 1. The van der Waals surface area contributed by atoms with Crippen molar-refractivity contribution in [3.63, 3.8) is 0 Å². The van der Waals surface area contributed by atoms with Crippen LogP contribution in [0.4, 0.5) is 5.69 Å². The Morgan fingerprint density at radius 3 is 2.47 bits per heavy atom. The molecule has 2 aromatic rings. The van der Waals surface area contributed by atoms with E-state index < -0.39 is 5.41 Å². The fourth-order valence-corrected chi connectivity index (χ4v) is 2.72. The third-order valence-electron chi connectivity index (χ3n) is 3.76. The number of halogens is 1. The average Bonchev–Trinajstić information content (AvgIpc) is 3.12. The van der Waals surface area contributed by atoms with Gasteiger partial charge in [0.1, 0.15) is 5.69 Å². The van der Waals surface area contributed by atoms with Gasteiger partial charge in [-0.15, -0.1) is 0 Å². The molecule has 1 heterocycles. The molecule has 1 aliphatic carbocycles. The molecule has 0 spiro atoms. The summed E-state index contributed by atoms with van der Waals surface area (Å²) in [6.45, 7) is 0. The number of carbonyl (C=O) groups is 1. The summed E-state index contributed by atoms with van der Waals surface area (Å²) >= 11 is 6.06. The normalized spacial score (nSPS) is 16.3. The molecule has 5 heteroatoms. The molecule has 1 fully saturated rings. The Hall–Kier alpha value is -1.81. The Kier molecular flexibility index (Phi) is 2.64. The molecule has 1 aliphatic rings. The van der Waals surface area contributed by atoms with E-state index >= 15 is 0 Å². The molecule has 0 atom stereocenters. The van der Waals surface area contributed by atoms with Crippen molar-refractivity contribution in [3.8, 4) is 0 Å². The predicted molar refractivity (Wildman–Crippen MR) is 74.3 cm³/mol. The van der Waals surface area contributed by atoms with Crippen molar-refractivity contribution in [1.29, 1.82) is 0 Å².